The van der Waals surface area contributed by atoms with Crippen LogP contribution >= 0.6 is 11.8 Å². The van der Waals surface area contributed by atoms with E-state index in [9.17, 15) is 4.79 Å². The molecule has 0 radical (unpaired) electrons. The van der Waals surface area contributed by atoms with Crippen molar-refractivity contribution in [1.29, 1.82) is 0 Å². The van der Waals surface area contributed by atoms with Crippen molar-refractivity contribution in [3.63, 3.8) is 0 Å². The van der Waals surface area contributed by atoms with Crippen LogP contribution in [-0.4, -0.2) is 5.78 Å². The molecule has 0 saturated heterocycles. The van der Waals surface area contributed by atoms with Crippen molar-refractivity contribution in [3.8, 4) is 0 Å². The van der Waals surface area contributed by atoms with Gasteiger partial charge in [0.15, 0.2) is 5.78 Å². The van der Waals surface area contributed by atoms with Crippen molar-refractivity contribution in [2.45, 2.75) is 18.2 Å². The van der Waals surface area contributed by atoms with E-state index in [2.05, 4.69) is 6.58 Å². The lowest BCUT2D eigenvalue weighted by molar-refractivity contribution is -0.113. The maximum Gasteiger partial charge on any atom is 0.156 e. The summed E-state index contributed by atoms with van der Waals surface area (Å²) in [6, 6.07) is 9.98. The molecule has 2 heteroatoms. The molecule has 0 aromatic heterocycles. The zero-order valence-electron chi connectivity index (χ0n) is 8.77. The molecule has 0 unspecified atom stereocenters. The second kappa shape index (κ2) is 6.25. The fourth-order valence-electron chi connectivity index (χ4n) is 1.07. The first-order chi connectivity index (χ1) is 7.24. The average Bonchev–Trinajstić information content (AvgIpc) is 2.25. The van der Waals surface area contributed by atoms with Gasteiger partial charge in [-0.1, -0.05) is 36.0 Å². The fraction of sp³-hybridized carbons (Fsp3) is 0.154. The van der Waals surface area contributed by atoms with Crippen molar-refractivity contribution in [2.24, 2.45) is 0 Å². The van der Waals surface area contributed by atoms with Crippen LogP contribution in [-0.2, 0) is 4.79 Å². The lowest BCUT2D eigenvalue weighted by Gasteiger charge is -1.99. The number of carbonyl (C=O) groups is 1. The van der Waals surface area contributed by atoms with E-state index >= 15 is 0 Å². The zero-order valence-corrected chi connectivity index (χ0v) is 9.59. The van der Waals surface area contributed by atoms with Crippen molar-refractivity contribution >= 4 is 17.5 Å². The number of hydrogen-bond donors (Lipinski definition) is 0. The van der Waals surface area contributed by atoms with E-state index in [1.807, 2.05) is 35.7 Å². The highest BCUT2D eigenvalue weighted by Gasteiger charge is 2.01. The van der Waals surface area contributed by atoms with Gasteiger partial charge in [0, 0.05) is 10.5 Å². The average molecular weight is 218 g/mol. The van der Waals surface area contributed by atoms with E-state index in [1.54, 1.807) is 24.8 Å². The quantitative estimate of drug-likeness (QED) is 0.424. The molecule has 1 nitrogen and oxygen atoms in total. The molecule has 1 aromatic carbocycles. The second-order valence-electron chi connectivity index (χ2n) is 3.12. The van der Waals surface area contributed by atoms with Crippen molar-refractivity contribution in [3.05, 3.63) is 54.0 Å². The Bertz CT molecular complexity index is 365. The van der Waals surface area contributed by atoms with Crippen molar-refractivity contribution in [1.82, 2.24) is 0 Å². The zero-order chi connectivity index (χ0) is 11.1. The van der Waals surface area contributed by atoms with Crippen LogP contribution in [0.1, 0.15) is 13.3 Å². The third-order valence-electron chi connectivity index (χ3n) is 1.90. The highest BCUT2D eigenvalue weighted by molar-refractivity contribution is 8.02. The Morgan fingerprint density at radius 2 is 2.07 bits per heavy atom. The van der Waals surface area contributed by atoms with Crippen LogP contribution in [0.5, 0.6) is 0 Å². The van der Waals surface area contributed by atoms with Gasteiger partial charge in [0.2, 0.25) is 0 Å². The molecule has 0 N–H and O–H groups in total. The Labute approximate surface area is 94.9 Å². The van der Waals surface area contributed by atoms with E-state index in [0.717, 1.165) is 10.5 Å². The Morgan fingerprint density at radius 1 is 1.40 bits per heavy atom. The van der Waals surface area contributed by atoms with E-state index in [-0.39, 0.29) is 5.78 Å². The molecule has 0 aliphatic rings. The number of benzene rings is 1. The van der Waals surface area contributed by atoms with Crippen LogP contribution in [0.4, 0.5) is 0 Å². The van der Waals surface area contributed by atoms with E-state index in [1.165, 1.54) is 0 Å². The Balaban J connectivity index is 2.69. The van der Waals surface area contributed by atoms with Crippen LogP contribution < -0.4 is 0 Å². The number of hydrogen-bond acceptors (Lipinski definition) is 2. The summed E-state index contributed by atoms with van der Waals surface area (Å²) in [5.41, 5.74) is 0.804. The number of ketones is 1. The number of thioether (sulfide) groups is 1. The van der Waals surface area contributed by atoms with Crippen LogP contribution in [0.15, 0.2) is 58.9 Å². The predicted octanol–water partition coefficient (Wildman–Crippen LogP) is 3.83. The molecule has 0 heterocycles. The molecule has 0 spiro atoms. The normalized spacial score (nSPS) is 11.1. The monoisotopic (exact) mass is 218 g/mol. The fourth-order valence-corrected chi connectivity index (χ4v) is 1.92. The highest BCUT2D eigenvalue weighted by atomic mass is 32.2. The van der Waals surface area contributed by atoms with Gasteiger partial charge >= 0.3 is 0 Å². The summed E-state index contributed by atoms with van der Waals surface area (Å²) in [4.78, 5) is 12.4. The molecule has 0 bridgehead atoms. The molecule has 0 aliphatic heterocycles. The molecular weight excluding hydrogens is 204 g/mol. The minimum absolute atomic E-state index is 0.110. The summed E-state index contributed by atoms with van der Waals surface area (Å²) in [6.07, 6.45) is 2.38. The van der Waals surface area contributed by atoms with E-state index in [0.29, 0.717) is 6.42 Å². The third kappa shape index (κ3) is 4.17. The third-order valence-corrected chi connectivity index (χ3v) is 2.84. The van der Waals surface area contributed by atoms with E-state index in [4.69, 9.17) is 0 Å². The van der Waals surface area contributed by atoms with Crippen molar-refractivity contribution in [2.75, 3.05) is 0 Å². The van der Waals surface area contributed by atoms with Gasteiger partial charge in [0.05, 0.1) is 0 Å². The minimum Gasteiger partial charge on any atom is -0.295 e. The summed E-state index contributed by atoms with van der Waals surface area (Å²) >= 11 is 1.57. The molecular formula is C13H14OS. The van der Waals surface area contributed by atoms with E-state index < -0.39 is 0 Å². The molecule has 0 aliphatic carbocycles. The summed E-state index contributed by atoms with van der Waals surface area (Å²) in [5, 5.41) is 1.90. The molecule has 1 rings (SSSR count). The minimum atomic E-state index is 0.110. The molecule has 0 fully saturated rings. The van der Waals surface area contributed by atoms with Crippen LogP contribution in [0.2, 0.25) is 0 Å². The summed E-state index contributed by atoms with van der Waals surface area (Å²) in [6.45, 7) is 5.22. The first-order valence-corrected chi connectivity index (χ1v) is 5.64. The smallest absolute Gasteiger partial charge is 0.156 e. The van der Waals surface area contributed by atoms with Gasteiger partial charge in [-0.05, 0) is 30.9 Å². The number of rotatable bonds is 5. The standard InChI is InChI=1S/C13H14OS/c1-3-7-12(11(2)14)10-15-13-8-5-4-6-9-13/h3-6,8-10H,1,7H2,2H3/b12-10-. The molecule has 0 saturated carbocycles. The molecule has 15 heavy (non-hydrogen) atoms. The molecule has 1 aromatic rings. The Hall–Kier alpha value is -1.28. The van der Waals surface area contributed by atoms with Crippen molar-refractivity contribution < 1.29 is 4.79 Å². The maximum absolute atomic E-state index is 11.2. The maximum atomic E-state index is 11.2. The van der Waals surface area contributed by atoms with Gasteiger partial charge in [-0.3, -0.25) is 4.79 Å². The number of allylic oxidation sites excluding steroid dienone is 2. The second-order valence-corrected chi connectivity index (χ2v) is 4.07. The first kappa shape index (κ1) is 11.8. The molecule has 78 valence electrons. The topological polar surface area (TPSA) is 17.1 Å². The van der Waals surface area contributed by atoms with Gasteiger partial charge in [-0.15, -0.1) is 6.58 Å². The summed E-state index contributed by atoms with van der Waals surface area (Å²) in [5.74, 6) is 0.110. The SMILES string of the molecule is C=CC/C(=C/Sc1ccccc1)C(C)=O. The van der Waals surface area contributed by atoms with Gasteiger partial charge in [0.1, 0.15) is 0 Å². The predicted molar refractivity (Wildman–Crippen MR) is 65.9 cm³/mol. The Morgan fingerprint density at radius 3 is 2.60 bits per heavy atom. The summed E-state index contributed by atoms with van der Waals surface area (Å²) < 4.78 is 0. The largest absolute Gasteiger partial charge is 0.295 e. The lowest BCUT2D eigenvalue weighted by Crippen LogP contribution is -1.93. The van der Waals surface area contributed by atoms with Crippen LogP contribution in [0.25, 0.3) is 0 Å². The van der Waals surface area contributed by atoms with Crippen LogP contribution in [0, 0.1) is 0 Å². The van der Waals surface area contributed by atoms with Crippen LogP contribution in [0.3, 0.4) is 0 Å². The van der Waals surface area contributed by atoms with Gasteiger partial charge < -0.3 is 0 Å². The van der Waals surface area contributed by atoms with Gasteiger partial charge in [0.25, 0.3) is 0 Å². The molecule has 0 atom stereocenters. The van der Waals surface area contributed by atoms with Gasteiger partial charge in [-0.2, -0.15) is 0 Å². The Kier molecular flexibility index (Phi) is 4.91. The lowest BCUT2D eigenvalue weighted by atomic mass is 10.1. The highest BCUT2D eigenvalue weighted by Crippen LogP contribution is 2.21. The first-order valence-electron chi connectivity index (χ1n) is 4.76. The summed E-state index contributed by atoms with van der Waals surface area (Å²) in [7, 11) is 0. The number of Topliss-reactive ketones (excluding diaryl/α,β-unsaturated/α-hetero) is 1. The number of carbonyl (C=O) groups excluding carboxylic acids is 1. The van der Waals surface area contributed by atoms with Gasteiger partial charge in [-0.25, -0.2) is 0 Å². The molecule has 0 amide bonds.